The Hall–Kier alpha value is -1.09. The summed E-state index contributed by atoms with van der Waals surface area (Å²) in [7, 11) is 0. The van der Waals surface area contributed by atoms with Crippen molar-refractivity contribution < 1.29 is 0 Å². The number of rotatable bonds is 3. The van der Waals surface area contributed by atoms with Crippen LogP contribution in [0.1, 0.15) is 59.1 Å². The molecule has 2 rings (SSSR count). The van der Waals surface area contributed by atoms with Crippen LogP contribution < -0.4 is 10.2 Å². The summed E-state index contributed by atoms with van der Waals surface area (Å²) in [5.41, 5.74) is 2.60. The summed E-state index contributed by atoms with van der Waals surface area (Å²) in [4.78, 5) is 7.05. The molecule has 0 radical (unpaired) electrons. The molecule has 0 spiro atoms. The van der Waals surface area contributed by atoms with Crippen molar-refractivity contribution in [1.82, 2.24) is 10.3 Å². The van der Waals surface area contributed by atoms with Crippen LogP contribution in [0.15, 0.2) is 18.3 Å². The van der Waals surface area contributed by atoms with E-state index in [0.29, 0.717) is 6.04 Å². The maximum absolute atomic E-state index is 4.50. The average Bonchev–Trinajstić information content (AvgIpc) is 2.61. The third-order valence-corrected chi connectivity index (χ3v) is 3.98. The molecule has 0 aliphatic carbocycles. The summed E-state index contributed by atoms with van der Waals surface area (Å²) in [5, 5.41) is 3.51. The molecule has 112 valence electrons. The molecular formula is C17H29N3. The minimum absolute atomic E-state index is 0.133. The number of nitrogens with one attached hydrogen (secondary N) is 1. The van der Waals surface area contributed by atoms with Crippen LogP contribution in [0.3, 0.4) is 0 Å². The second kappa shape index (κ2) is 6.57. The Morgan fingerprint density at radius 1 is 1.30 bits per heavy atom. The Balaban J connectivity index is 2.08. The van der Waals surface area contributed by atoms with Gasteiger partial charge >= 0.3 is 0 Å². The monoisotopic (exact) mass is 275 g/mol. The van der Waals surface area contributed by atoms with Gasteiger partial charge in [0.15, 0.2) is 0 Å². The largest absolute Gasteiger partial charge is 0.369 e. The van der Waals surface area contributed by atoms with E-state index in [1.54, 1.807) is 0 Å². The lowest BCUT2D eigenvalue weighted by atomic mass is 10.1. The Morgan fingerprint density at radius 2 is 2.10 bits per heavy atom. The minimum atomic E-state index is 0.133. The zero-order valence-electron chi connectivity index (χ0n) is 13.4. The van der Waals surface area contributed by atoms with Gasteiger partial charge in [-0.25, -0.2) is 0 Å². The van der Waals surface area contributed by atoms with Crippen molar-refractivity contribution in [2.75, 3.05) is 11.4 Å². The van der Waals surface area contributed by atoms with Crippen LogP contribution in [0.25, 0.3) is 0 Å². The molecule has 0 aromatic carbocycles. The third-order valence-electron chi connectivity index (χ3n) is 3.98. The van der Waals surface area contributed by atoms with Crippen molar-refractivity contribution in [1.29, 1.82) is 0 Å². The van der Waals surface area contributed by atoms with E-state index >= 15 is 0 Å². The van der Waals surface area contributed by atoms with Gasteiger partial charge in [-0.2, -0.15) is 0 Å². The highest BCUT2D eigenvalue weighted by atomic mass is 15.2. The molecule has 3 heteroatoms. The molecule has 0 saturated carbocycles. The van der Waals surface area contributed by atoms with E-state index in [0.717, 1.165) is 12.2 Å². The zero-order chi connectivity index (χ0) is 14.6. The normalized spacial score (nSPS) is 20.8. The molecule has 2 heterocycles. The van der Waals surface area contributed by atoms with Gasteiger partial charge in [0.05, 0.1) is 5.69 Å². The fourth-order valence-electron chi connectivity index (χ4n) is 2.75. The van der Waals surface area contributed by atoms with E-state index in [1.807, 2.05) is 6.20 Å². The Bertz CT molecular complexity index is 422. The molecule has 1 aliphatic heterocycles. The first-order valence-corrected chi connectivity index (χ1v) is 7.92. The fourth-order valence-corrected chi connectivity index (χ4v) is 2.75. The third kappa shape index (κ3) is 4.48. The lowest BCUT2D eigenvalue weighted by Crippen LogP contribution is -2.35. The van der Waals surface area contributed by atoms with Crippen LogP contribution >= 0.6 is 0 Å². The standard InChI is InChI=1S/C17H29N3/c1-14-8-6-5-7-11-20(14)16-9-10-18-15(12-16)13-19-17(2,3)4/h9-10,12,14,19H,5-8,11,13H2,1-4H3. The number of hydrogen-bond acceptors (Lipinski definition) is 3. The SMILES string of the molecule is CC1CCCCCN1c1ccnc(CNC(C)(C)C)c1. The molecule has 3 nitrogen and oxygen atoms in total. The molecule has 1 aliphatic rings. The molecular weight excluding hydrogens is 246 g/mol. The van der Waals surface area contributed by atoms with Crippen LogP contribution in [-0.4, -0.2) is 23.1 Å². The number of aromatic nitrogens is 1. The molecule has 0 amide bonds. The van der Waals surface area contributed by atoms with Gasteiger partial charge in [0.2, 0.25) is 0 Å². The number of pyridine rings is 1. The van der Waals surface area contributed by atoms with Crippen LogP contribution in [0.2, 0.25) is 0 Å². The molecule has 0 bridgehead atoms. The quantitative estimate of drug-likeness (QED) is 0.911. The van der Waals surface area contributed by atoms with Crippen molar-refractivity contribution in [3.05, 3.63) is 24.0 Å². The fraction of sp³-hybridized carbons (Fsp3) is 0.706. The average molecular weight is 275 g/mol. The minimum Gasteiger partial charge on any atom is -0.369 e. The summed E-state index contributed by atoms with van der Waals surface area (Å²) in [6.45, 7) is 10.9. The highest BCUT2D eigenvalue weighted by Crippen LogP contribution is 2.24. The van der Waals surface area contributed by atoms with Crippen molar-refractivity contribution >= 4 is 5.69 Å². The summed E-state index contributed by atoms with van der Waals surface area (Å²) in [6, 6.07) is 5.05. The van der Waals surface area contributed by atoms with Gasteiger partial charge in [-0.15, -0.1) is 0 Å². The number of hydrogen-bond donors (Lipinski definition) is 1. The maximum Gasteiger partial charge on any atom is 0.0562 e. The molecule has 20 heavy (non-hydrogen) atoms. The molecule has 1 fully saturated rings. The number of nitrogens with zero attached hydrogens (tertiary/aromatic N) is 2. The van der Waals surface area contributed by atoms with Crippen LogP contribution in [-0.2, 0) is 6.54 Å². The van der Waals surface area contributed by atoms with Gasteiger partial charge in [0, 0.05) is 36.6 Å². The smallest absolute Gasteiger partial charge is 0.0562 e. The second-order valence-electron chi connectivity index (χ2n) is 7.00. The first-order chi connectivity index (χ1) is 9.46. The molecule has 1 aromatic rings. The van der Waals surface area contributed by atoms with Crippen LogP contribution in [0, 0.1) is 0 Å². The highest BCUT2D eigenvalue weighted by Gasteiger charge is 2.18. The lowest BCUT2D eigenvalue weighted by Gasteiger charge is -2.30. The van der Waals surface area contributed by atoms with E-state index in [1.165, 1.54) is 37.9 Å². The molecule has 1 aromatic heterocycles. The highest BCUT2D eigenvalue weighted by molar-refractivity contribution is 5.47. The van der Waals surface area contributed by atoms with Gasteiger partial charge in [0.1, 0.15) is 0 Å². The second-order valence-corrected chi connectivity index (χ2v) is 7.00. The Morgan fingerprint density at radius 3 is 2.85 bits per heavy atom. The van der Waals surface area contributed by atoms with E-state index in [9.17, 15) is 0 Å². The predicted octanol–water partition coefficient (Wildman–Crippen LogP) is 3.74. The van der Waals surface area contributed by atoms with E-state index in [2.05, 4.69) is 55.0 Å². The van der Waals surface area contributed by atoms with Crippen molar-refractivity contribution in [3.63, 3.8) is 0 Å². The van der Waals surface area contributed by atoms with Crippen molar-refractivity contribution in [2.24, 2.45) is 0 Å². The molecule has 1 unspecified atom stereocenters. The van der Waals surface area contributed by atoms with Gasteiger partial charge in [-0.05, 0) is 52.7 Å². The topological polar surface area (TPSA) is 28.2 Å². The van der Waals surface area contributed by atoms with E-state index in [4.69, 9.17) is 0 Å². The van der Waals surface area contributed by atoms with Gasteiger partial charge in [-0.3, -0.25) is 4.98 Å². The van der Waals surface area contributed by atoms with Crippen LogP contribution in [0.5, 0.6) is 0 Å². The van der Waals surface area contributed by atoms with E-state index < -0.39 is 0 Å². The Labute approximate surface area is 123 Å². The summed E-state index contributed by atoms with van der Waals surface area (Å²) in [5.74, 6) is 0. The molecule has 1 saturated heterocycles. The maximum atomic E-state index is 4.50. The van der Waals surface area contributed by atoms with E-state index in [-0.39, 0.29) is 5.54 Å². The van der Waals surface area contributed by atoms with Gasteiger partial charge in [-0.1, -0.05) is 12.8 Å². The first-order valence-electron chi connectivity index (χ1n) is 7.92. The molecule has 1 atom stereocenters. The van der Waals surface area contributed by atoms with Crippen LogP contribution in [0.4, 0.5) is 5.69 Å². The lowest BCUT2D eigenvalue weighted by molar-refractivity contribution is 0.421. The predicted molar refractivity (Wildman–Crippen MR) is 86.1 cm³/mol. The van der Waals surface area contributed by atoms with Crippen molar-refractivity contribution in [2.45, 2.75) is 71.5 Å². The van der Waals surface area contributed by atoms with Gasteiger partial charge in [0.25, 0.3) is 0 Å². The number of anilines is 1. The summed E-state index contributed by atoms with van der Waals surface area (Å²) >= 11 is 0. The first kappa shape index (κ1) is 15.3. The Kier molecular flexibility index (Phi) is 5.03. The zero-order valence-corrected chi connectivity index (χ0v) is 13.4. The summed E-state index contributed by atoms with van der Waals surface area (Å²) < 4.78 is 0. The van der Waals surface area contributed by atoms with Crippen molar-refractivity contribution in [3.8, 4) is 0 Å². The molecule has 1 N–H and O–H groups in total. The van der Waals surface area contributed by atoms with Gasteiger partial charge < -0.3 is 10.2 Å². The summed E-state index contributed by atoms with van der Waals surface area (Å²) in [6.07, 6.45) is 7.29.